The van der Waals surface area contributed by atoms with Gasteiger partial charge in [-0.3, -0.25) is 4.99 Å². The van der Waals surface area contributed by atoms with Crippen LogP contribution in [-0.4, -0.2) is 44.1 Å². The molecule has 118 valence electrons. The van der Waals surface area contributed by atoms with Crippen molar-refractivity contribution < 1.29 is 4.39 Å². The molecule has 0 saturated carbocycles. The molecule has 0 fully saturated rings. The number of nitrogens with one attached hydrogen (secondary N) is 2. The van der Waals surface area contributed by atoms with Crippen molar-refractivity contribution in [3.63, 3.8) is 0 Å². The zero-order valence-corrected chi connectivity index (χ0v) is 13.3. The van der Waals surface area contributed by atoms with Gasteiger partial charge in [0.15, 0.2) is 5.96 Å². The van der Waals surface area contributed by atoms with Crippen molar-refractivity contribution in [2.45, 2.75) is 26.8 Å². The molecule has 0 aromatic heterocycles. The van der Waals surface area contributed by atoms with Crippen LogP contribution in [0.5, 0.6) is 0 Å². The number of aliphatic imine (C=N–C) groups is 1. The van der Waals surface area contributed by atoms with Crippen molar-refractivity contribution in [1.82, 2.24) is 15.5 Å². The minimum absolute atomic E-state index is 0.189. The summed E-state index contributed by atoms with van der Waals surface area (Å²) in [5, 5.41) is 6.54. The Morgan fingerprint density at radius 2 is 1.90 bits per heavy atom. The van der Waals surface area contributed by atoms with Gasteiger partial charge < -0.3 is 15.5 Å². The lowest BCUT2D eigenvalue weighted by atomic mass is 10.2. The Morgan fingerprint density at radius 3 is 2.52 bits per heavy atom. The molecule has 1 rings (SSSR count). The minimum Gasteiger partial charge on any atom is -0.357 e. The predicted molar refractivity (Wildman–Crippen MR) is 87.0 cm³/mol. The fourth-order valence-electron chi connectivity index (χ4n) is 1.91. The first-order chi connectivity index (χ1) is 10.2. The van der Waals surface area contributed by atoms with E-state index in [-0.39, 0.29) is 5.82 Å². The van der Waals surface area contributed by atoms with Crippen molar-refractivity contribution in [3.8, 4) is 0 Å². The minimum atomic E-state index is -0.189. The van der Waals surface area contributed by atoms with E-state index >= 15 is 0 Å². The van der Waals surface area contributed by atoms with Crippen LogP contribution in [0.2, 0.25) is 0 Å². The number of rotatable bonds is 8. The van der Waals surface area contributed by atoms with Crippen LogP contribution in [-0.2, 0) is 6.54 Å². The molecule has 1 aromatic rings. The van der Waals surface area contributed by atoms with Gasteiger partial charge in [-0.1, -0.05) is 19.1 Å². The summed E-state index contributed by atoms with van der Waals surface area (Å²) in [7, 11) is 2.06. The van der Waals surface area contributed by atoms with Crippen LogP contribution in [0.25, 0.3) is 0 Å². The lowest BCUT2D eigenvalue weighted by molar-refractivity contribution is 0.331. The van der Waals surface area contributed by atoms with Gasteiger partial charge >= 0.3 is 0 Å². The monoisotopic (exact) mass is 294 g/mol. The molecule has 0 unspecified atom stereocenters. The molecule has 0 aliphatic carbocycles. The molecule has 0 atom stereocenters. The van der Waals surface area contributed by atoms with Crippen LogP contribution >= 0.6 is 0 Å². The number of halogens is 1. The summed E-state index contributed by atoms with van der Waals surface area (Å²) in [5.74, 6) is 0.681. The lowest BCUT2D eigenvalue weighted by Gasteiger charge is -2.18. The SMILES string of the molecule is CCCN=C(NCC)NCCN(C)Cc1ccc(F)cc1. The first-order valence-electron chi connectivity index (χ1n) is 7.60. The molecule has 0 spiro atoms. The third-order valence-electron chi connectivity index (χ3n) is 2.99. The largest absolute Gasteiger partial charge is 0.357 e. The topological polar surface area (TPSA) is 39.7 Å². The van der Waals surface area contributed by atoms with Crippen molar-refractivity contribution in [2.24, 2.45) is 4.99 Å². The Hall–Kier alpha value is -1.62. The maximum Gasteiger partial charge on any atom is 0.191 e. The first kappa shape index (κ1) is 17.4. The Morgan fingerprint density at radius 1 is 1.19 bits per heavy atom. The molecule has 0 amide bonds. The Balaban J connectivity index is 2.31. The molecule has 0 aliphatic heterocycles. The van der Waals surface area contributed by atoms with Crippen LogP contribution in [0.15, 0.2) is 29.3 Å². The number of benzene rings is 1. The van der Waals surface area contributed by atoms with Crippen molar-refractivity contribution >= 4 is 5.96 Å². The zero-order chi connectivity index (χ0) is 15.5. The summed E-state index contributed by atoms with van der Waals surface area (Å²) in [6.45, 7) is 8.40. The van der Waals surface area contributed by atoms with Crippen LogP contribution in [0.1, 0.15) is 25.8 Å². The van der Waals surface area contributed by atoms with Gasteiger partial charge in [0.05, 0.1) is 0 Å². The number of hydrogen-bond acceptors (Lipinski definition) is 2. The third kappa shape index (κ3) is 7.66. The van der Waals surface area contributed by atoms with E-state index in [9.17, 15) is 4.39 Å². The molecule has 21 heavy (non-hydrogen) atoms. The Labute approximate surface area is 127 Å². The van der Waals surface area contributed by atoms with Gasteiger partial charge in [0.2, 0.25) is 0 Å². The van der Waals surface area contributed by atoms with Crippen LogP contribution in [0.3, 0.4) is 0 Å². The molecule has 5 heteroatoms. The van der Waals surface area contributed by atoms with Crippen molar-refractivity contribution in [1.29, 1.82) is 0 Å². The normalized spacial score (nSPS) is 11.8. The fraction of sp³-hybridized carbons (Fsp3) is 0.562. The smallest absolute Gasteiger partial charge is 0.191 e. The van der Waals surface area contributed by atoms with Gasteiger partial charge in [0.25, 0.3) is 0 Å². The van der Waals surface area contributed by atoms with E-state index in [1.165, 1.54) is 12.1 Å². The standard InChI is InChI=1S/C16H27FN4/c1-4-10-19-16(18-5-2)20-11-12-21(3)13-14-6-8-15(17)9-7-14/h6-9H,4-5,10-13H2,1-3H3,(H2,18,19,20). The van der Waals surface area contributed by atoms with Gasteiger partial charge in [-0.05, 0) is 38.1 Å². The molecule has 0 radical (unpaired) electrons. The van der Waals surface area contributed by atoms with Crippen molar-refractivity contribution in [3.05, 3.63) is 35.6 Å². The second-order valence-corrected chi connectivity index (χ2v) is 5.05. The Bertz CT molecular complexity index is 417. The van der Waals surface area contributed by atoms with E-state index in [1.807, 2.05) is 12.1 Å². The van der Waals surface area contributed by atoms with Gasteiger partial charge in [-0.2, -0.15) is 0 Å². The first-order valence-corrected chi connectivity index (χ1v) is 7.60. The molecule has 0 saturated heterocycles. The summed E-state index contributed by atoms with van der Waals surface area (Å²) < 4.78 is 12.8. The molecule has 0 heterocycles. The van der Waals surface area contributed by atoms with E-state index < -0.39 is 0 Å². The number of hydrogen-bond donors (Lipinski definition) is 2. The number of guanidine groups is 1. The predicted octanol–water partition coefficient (Wildman–Crippen LogP) is 2.22. The van der Waals surface area contributed by atoms with E-state index in [4.69, 9.17) is 0 Å². The van der Waals surface area contributed by atoms with Crippen LogP contribution in [0, 0.1) is 5.82 Å². The number of likely N-dealkylation sites (N-methyl/N-ethyl adjacent to an activating group) is 1. The van der Waals surface area contributed by atoms with Crippen molar-refractivity contribution in [2.75, 3.05) is 33.2 Å². The molecular weight excluding hydrogens is 267 g/mol. The summed E-state index contributed by atoms with van der Waals surface area (Å²) in [6, 6.07) is 6.66. The highest BCUT2D eigenvalue weighted by Gasteiger charge is 2.02. The van der Waals surface area contributed by atoms with Gasteiger partial charge in [0.1, 0.15) is 5.82 Å². The van der Waals surface area contributed by atoms with E-state index in [1.54, 1.807) is 0 Å². The van der Waals surface area contributed by atoms with E-state index in [0.29, 0.717) is 0 Å². The maximum atomic E-state index is 12.8. The average Bonchev–Trinajstić information content (AvgIpc) is 2.47. The van der Waals surface area contributed by atoms with Gasteiger partial charge in [-0.15, -0.1) is 0 Å². The van der Waals surface area contributed by atoms with Gasteiger partial charge in [0, 0.05) is 32.7 Å². The van der Waals surface area contributed by atoms with Crippen LogP contribution < -0.4 is 10.6 Å². The quantitative estimate of drug-likeness (QED) is 0.570. The third-order valence-corrected chi connectivity index (χ3v) is 2.99. The molecule has 2 N–H and O–H groups in total. The molecular formula is C16H27FN4. The Kier molecular flexibility index (Phi) is 8.43. The molecule has 1 aromatic carbocycles. The highest BCUT2D eigenvalue weighted by molar-refractivity contribution is 5.79. The average molecular weight is 294 g/mol. The molecule has 0 bridgehead atoms. The summed E-state index contributed by atoms with van der Waals surface area (Å²) in [4.78, 5) is 6.65. The van der Waals surface area contributed by atoms with Gasteiger partial charge in [-0.25, -0.2) is 4.39 Å². The second-order valence-electron chi connectivity index (χ2n) is 5.05. The fourth-order valence-corrected chi connectivity index (χ4v) is 1.91. The molecule has 4 nitrogen and oxygen atoms in total. The summed E-state index contributed by atoms with van der Waals surface area (Å²) in [6.07, 6.45) is 1.04. The highest BCUT2D eigenvalue weighted by atomic mass is 19.1. The van der Waals surface area contributed by atoms with E-state index in [2.05, 4.69) is 41.4 Å². The molecule has 0 aliphatic rings. The zero-order valence-electron chi connectivity index (χ0n) is 13.3. The van der Waals surface area contributed by atoms with E-state index in [0.717, 1.165) is 50.7 Å². The lowest BCUT2D eigenvalue weighted by Crippen LogP contribution is -2.40. The highest BCUT2D eigenvalue weighted by Crippen LogP contribution is 2.04. The number of nitrogens with zero attached hydrogens (tertiary/aromatic N) is 2. The van der Waals surface area contributed by atoms with Crippen LogP contribution in [0.4, 0.5) is 4.39 Å². The maximum absolute atomic E-state index is 12.8. The summed E-state index contributed by atoms with van der Waals surface area (Å²) in [5.41, 5.74) is 1.12. The second kappa shape index (κ2) is 10.2. The summed E-state index contributed by atoms with van der Waals surface area (Å²) >= 11 is 0.